The number of fused-ring (bicyclic) bond motifs is 2. The lowest BCUT2D eigenvalue weighted by molar-refractivity contribution is 0.295. The molecule has 0 amide bonds. The summed E-state index contributed by atoms with van der Waals surface area (Å²) in [6.07, 6.45) is 10.0. The van der Waals surface area contributed by atoms with E-state index in [1.165, 1.54) is 79.4 Å². The zero-order valence-electron chi connectivity index (χ0n) is 18.5. The van der Waals surface area contributed by atoms with E-state index >= 15 is 0 Å². The summed E-state index contributed by atoms with van der Waals surface area (Å²) in [6.45, 7) is 12.6. The second kappa shape index (κ2) is 10.2. The minimum Gasteiger partial charge on any atom is -0.382 e. The maximum absolute atomic E-state index is 5.09. The Labute approximate surface area is 171 Å². The number of hydrogen-bond acceptors (Lipinski definition) is 3. The molecule has 1 aromatic carbocycles. The zero-order valence-corrected chi connectivity index (χ0v) is 18.5. The molecule has 1 aliphatic rings. The summed E-state index contributed by atoms with van der Waals surface area (Å²) in [7, 11) is 0. The molecule has 0 aliphatic heterocycles. The van der Waals surface area contributed by atoms with Crippen LogP contribution in [0, 0.1) is 6.92 Å². The van der Waals surface area contributed by atoms with Gasteiger partial charge in [-0.3, -0.25) is 4.98 Å². The molecule has 2 aromatic rings. The fraction of sp³-hybridized carbons (Fsp3) is 0.640. The van der Waals surface area contributed by atoms with E-state index < -0.39 is 0 Å². The smallest absolute Gasteiger partial charge is 0.0726 e. The van der Waals surface area contributed by atoms with Gasteiger partial charge in [0.15, 0.2) is 0 Å². The molecule has 1 aromatic heterocycles. The molecule has 28 heavy (non-hydrogen) atoms. The van der Waals surface area contributed by atoms with Crippen molar-refractivity contribution in [3.63, 3.8) is 0 Å². The number of benzene rings is 1. The van der Waals surface area contributed by atoms with E-state index in [1.54, 1.807) is 0 Å². The molecule has 1 heterocycles. The van der Waals surface area contributed by atoms with Gasteiger partial charge in [-0.15, -0.1) is 0 Å². The Morgan fingerprint density at radius 1 is 1.07 bits per heavy atom. The van der Waals surface area contributed by atoms with Crippen molar-refractivity contribution in [2.45, 2.75) is 85.1 Å². The third-order valence-corrected chi connectivity index (χ3v) is 6.31. The number of aromatic nitrogens is 1. The maximum Gasteiger partial charge on any atom is 0.0726 e. The van der Waals surface area contributed by atoms with Crippen LogP contribution in [0.5, 0.6) is 0 Å². The number of nitrogens with one attached hydrogen (secondary N) is 1. The molecule has 1 unspecified atom stereocenters. The highest BCUT2D eigenvalue weighted by Gasteiger charge is 2.18. The van der Waals surface area contributed by atoms with Crippen molar-refractivity contribution >= 4 is 16.6 Å². The van der Waals surface area contributed by atoms with Gasteiger partial charge in [0.25, 0.3) is 0 Å². The SMILES string of the molecule is CCN(CC)CCCC(C)Nc1c2c(nc3ccc(C)cc13)CCCCCC2. The van der Waals surface area contributed by atoms with E-state index in [0.717, 1.165) is 25.0 Å². The maximum atomic E-state index is 5.09. The quantitative estimate of drug-likeness (QED) is 0.596. The first-order valence-electron chi connectivity index (χ1n) is 11.5. The third kappa shape index (κ3) is 5.26. The second-order valence-electron chi connectivity index (χ2n) is 8.56. The van der Waals surface area contributed by atoms with Crippen LogP contribution in [0.2, 0.25) is 0 Å². The Balaban J connectivity index is 1.85. The van der Waals surface area contributed by atoms with Crippen molar-refractivity contribution < 1.29 is 0 Å². The van der Waals surface area contributed by atoms with Gasteiger partial charge in [0.2, 0.25) is 0 Å². The zero-order chi connectivity index (χ0) is 19.9. The fourth-order valence-electron chi connectivity index (χ4n) is 4.54. The summed E-state index contributed by atoms with van der Waals surface area (Å²) in [5.41, 5.74) is 6.68. The van der Waals surface area contributed by atoms with Crippen LogP contribution in [0.3, 0.4) is 0 Å². The molecule has 0 spiro atoms. The molecule has 0 radical (unpaired) electrons. The highest BCUT2D eigenvalue weighted by Crippen LogP contribution is 2.33. The standard InChI is InChI=1S/C25H39N3/c1-5-28(6-2)17-11-12-20(4)26-25-21-13-9-7-8-10-14-23(21)27-24-16-15-19(3)18-22(24)25/h15-16,18,20H,5-14,17H2,1-4H3,(H,26,27). The van der Waals surface area contributed by atoms with Crippen molar-refractivity contribution in [1.29, 1.82) is 0 Å². The summed E-state index contributed by atoms with van der Waals surface area (Å²) in [6, 6.07) is 7.21. The largest absolute Gasteiger partial charge is 0.382 e. The Bertz CT molecular complexity index is 764. The van der Waals surface area contributed by atoms with Crippen LogP contribution in [0.4, 0.5) is 5.69 Å². The number of pyridine rings is 1. The number of anilines is 1. The number of hydrogen-bond donors (Lipinski definition) is 1. The number of nitrogens with zero attached hydrogens (tertiary/aromatic N) is 2. The monoisotopic (exact) mass is 381 g/mol. The van der Waals surface area contributed by atoms with E-state index in [4.69, 9.17) is 4.98 Å². The van der Waals surface area contributed by atoms with Gasteiger partial charge in [0, 0.05) is 22.8 Å². The molecule has 0 bridgehead atoms. The minimum absolute atomic E-state index is 0.483. The van der Waals surface area contributed by atoms with Gasteiger partial charge in [-0.05, 0) is 89.7 Å². The molecule has 1 aliphatic carbocycles. The van der Waals surface area contributed by atoms with Crippen molar-refractivity contribution in [1.82, 2.24) is 9.88 Å². The predicted molar refractivity (Wildman–Crippen MR) is 122 cm³/mol. The van der Waals surface area contributed by atoms with Crippen LogP contribution in [0.1, 0.15) is 76.1 Å². The third-order valence-electron chi connectivity index (χ3n) is 6.31. The van der Waals surface area contributed by atoms with Gasteiger partial charge in [0.05, 0.1) is 5.52 Å². The van der Waals surface area contributed by atoms with Crippen LogP contribution in [0.15, 0.2) is 18.2 Å². The fourth-order valence-corrected chi connectivity index (χ4v) is 4.54. The van der Waals surface area contributed by atoms with Gasteiger partial charge in [-0.2, -0.15) is 0 Å². The predicted octanol–water partition coefficient (Wildman–Crippen LogP) is 6.12. The van der Waals surface area contributed by atoms with Crippen molar-refractivity contribution in [2.75, 3.05) is 25.0 Å². The molecule has 3 heteroatoms. The first kappa shape index (κ1) is 21.1. The van der Waals surface area contributed by atoms with Crippen molar-refractivity contribution in [3.05, 3.63) is 35.0 Å². The average molecular weight is 382 g/mol. The molecule has 1 N–H and O–H groups in total. The molecule has 154 valence electrons. The Kier molecular flexibility index (Phi) is 7.73. The van der Waals surface area contributed by atoms with Crippen LogP contribution in [-0.4, -0.2) is 35.6 Å². The lowest BCUT2D eigenvalue weighted by Crippen LogP contribution is -2.26. The van der Waals surface area contributed by atoms with E-state index in [0.29, 0.717) is 6.04 Å². The lowest BCUT2D eigenvalue weighted by atomic mass is 9.93. The van der Waals surface area contributed by atoms with E-state index in [1.807, 2.05) is 0 Å². The summed E-state index contributed by atoms with van der Waals surface area (Å²) < 4.78 is 0. The summed E-state index contributed by atoms with van der Waals surface area (Å²) in [5.74, 6) is 0. The number of rotatable bonds is 8. The highest BCUT2D eigenvalue weighted by molar-refractivity contribution is 5.94. The molecule has 0 saturated heterocycles. The Hall–Kier alpha value is -1.61. The van der Waals surface area contributed by atoms with Crippen LogP contribution < -0.4 is 5.32 Å². The summed E-state index contributed by atoms with van der Waals surface area (Å²) in [4.78, 5) is 7.61. The molecule has 0 fully saturated rings. The van der Waals surface area contributed by atoms with E-state index in [2.05, 4.69) is 56.1 Å². The number of aryl methyl sites for hydroxylation is 2. The molecular formula is C25H39N3. The minimum atomic E-state index is 0.483. The topological polar surface area (TPSA) is 28.2 Å². The Morgan fingerprint density at radius 2 is 1.82 bits per heavy atom. The lowest BCUT2D eigenvalue weighted by Gasteiger charge is -2.24. The van der Waals surface area contributed by atoms with Gasteiger partial charge in [-0.1, -0.05) is 38.3 Å². The summed E-state index contributed by atoms with van der Waals surface area (Å²) in [5, 5.41) is 5.25. The molecule has 3 rings (SSSR count). The molecule has 3 nitrogen and oxygen atoms in total. The van der Waals surface area contributed by atoms with Gasteiger partial charge in [0.1, 0.15) is 0 Å². The van der Waals surface area contributed by atoms with Crippen molar-refractivity contribution in [2.24, 2.45) is 0 Å². The van der Waals surface area contributed by atoms with Gasteiger partial charge < -0.3 is 10.2 Å². The molecular weight excluding hydrogens is 342 g/mol. The second-order valence-corrected chi connectivity index (χ2v) is 8.56. The molecule has 1 atom stereocenters. The van der Waals surface area contributed by atoms with Crippen LogP contribution >= 0.6 is 0 Å². The highest BCUT2D eigenvalue weighted by atomic mass is 15.1. The normalized spacial score (nSPS) is 15.9. The van der Waals surface area contributed by atoms with Gasteiger partial charge in [-0.25, -0.2) is 0 Å². The average Bonchev–Trinajstić information content (AvgIpc) is 2.67. The van der Waals surface area contributed by atoms with E-state index in [-0.39, 0.29) is 0 Å². The van der Waals surface area contributed by atoms with E-state index in [9.17, 15) is 0 Å². The van der Waals surface area contributed by atoms with Crippen LogP contribution in [-0.2, 0) is 12.8 Å². The first-order valence-corrected chi connectivity index (χ1v) is 11.5. The van der Waals surface area contributed by atoms with Gasteiger partial charge >= 0.3 is 0 Å². The van der Waals surface area contributed by atoms with Crippen molar-refractivity contribution in [3.8, 4) is 0 Å². The van der Waals surface area contributed by atoms with Crippen LogP contribution in [0.25, 0.3) is 10.9 Å². The molecule has 0 saturated carbocycles. The Morgan fingerprint density at radius 3 is 2.57 bits per heavy atom. The summed E-state index contributed by atoms with van der Waals surface area (Å²) >= 11 is 0. The first-order chi connectivity index (χ1) is 13.6.